The molecule has 0 radical (unpaired) electrons. The molecule has 0 atom stereocenters. The second-order valence-corrected chi connectivity index (χ2v) is 8.06. The van der Waals surface area contributed by atoms with Crippen LogP contribution in [0, 0.1) is 18.3 Å². The molecule has 0 unspecified atom stereocenters. The van der Waals surface area contributed by atoms with E-state index in [9.17, 15) is 18.8 Å². The van der Waals surface area contributed by atoms with Gasteiger partial charge in [0.15, 0.2) is 5.78 Å². The number of rotatable bonds is 9. The summed E-state index contributed by atoms with van der Waals surface area (Å²) in [5, 5.41) is 13.8. The Kier molecular flexibility index (Phi) is 7.96. The second kappa shape index (κ2) is 10.9. The number of ether oxygens (including phenoxy) is 1. The van der Waals surface area contributed by atoms with Gasteiger partial charge < -0.3 is 4.74 Å². The van der Waals surface area contributed by atoms with Crippen LogP contribution in [0.1, 0.15) is 51.7 Å². The molecule has 2 heterocycles. The van der Waals surface area contributed by atoms with Crippen LogP contribution in [0.2, 0.25) is 0 Å². The minimum atomic E-state index is -2.72. The number of halogens is 2. The van der Waals surface area contributed by atoms with E-state index in [1.165, 1.54) is 37.2 Å². The summed E-state index contributed by atoms with van der Waals surface area (Å²) in [7, 11) is 1.54. The van der Waals surface area contributed by atoms with E-state index < -0.39 is 6.43 Å². The van der Waals surface area contributed by atoms with Crippen LogP contribution in [0.5, 0.6) is 5.75 Å². The van der Waals surface area contributed by atoms with E-state index in [1.807, 2.05) is 25.1 Å². The Morgan fingerprint density at radius 2 is 2.15 bits per heavy atom. The molecule has 0 aliphatic carbocycles. The molecule has 9 heteroatoms. The molecule has 1 aromatic carbocycles. The van der Waals surface area contributed by atoms with Crippen LogP contribution in [0.25, 0.3) is 6.08 Å². The molecule has 0 bridgehead atoms. The number of benzene rings is 1. The highest BCUT2D eigenvalue weighted by molar-refractivity contribution is 7.98. The number of allylic oxidation sites excluding steroid dienone is 1. The first-order valence-electron chi connectivity index (χ1n) is 10.1. The molecule has 0 aliphatic rings. The van der Waals surface area contributed by atoms with Gasteiger partial charge >= 0.3 is 0 Å². The lowest BCUT2D eigenvalue weighted by atomic mass is 10.1. The molecule has 0 aliphatic heterocycles. The third-order valence-corrected chi connectivity index (χ3v) is 5.90. The number of methoxy groups -OCH3 is 1. The lowest BCUT2D eigenvalue weighted by Crippen LogP contribution is -1.99. The highest BCUT2D eigenvalue weighted by atomic mass is 32.2. The highest BCUT2D eigenvalue weighted by Crippen LogP contribution is 2.32. The van der Waals surface area contributed by atoms with Crippen molar-refractivity contribution in [2.75, 3.05) is 7.11 Å². The molecular weight excluding hydrogens is 446 g/mol. The maximum absolute atomic E-state index is 13.2. The number of hydrogen-bond acceptors (Lipinski definition) is 6. The molecule has 33 heavy (non-hydrogen) atoms. The zero-order valence-electron chi connectivity index (χ0n) is 18.4. The number of ketones is 1. The molecule has 2 aromatic heterocycles. The van der Waals surface area contributed by atoms with E-state index in [0.29, 0.717) is 29.2 Å². The Bertz CT molecular complexity index is 1230. The summed E-state index contributed by atoms with van der Waals surface area (Å²) in [6.07, 6.45) is 3.67. The monoisotopic (exact) mass is 468 g/mol. The summed E-state index contributed by atoms with van der Waals surface area (Å²) >= 11 is 1.19. The average Bonchev–Trinajstić information content (AvgIpc) is 3.30. The summed E-state index contributed by atoms with van der Waals surface area (Å²) in [6, 6.07) is 8.72. The van der Waals surface area contributed by atoms with Gasteiger partial charge in [0, 0.05) is 24.1 Å². The van der Waals surface area contributed by atoms with Crippen LogP contribution >= 0.6 is 11.8 Å². The molecule has 0 N–H and O–H groups in total. The number of hydrogen-bond donors (Lipinski definition) is 0. The minimum Gasteiger partial charge on any atom is -0.496 e. The lowest BCUT2D eigenvalue weighted by Gasteiger charge is -2.12. The van der Waals surface area contributed by atoms with Gasteiger partial charge in [0.1, 0.15) is 22.5 Å². The largest absolute Gasteiger partial charge is 0.496 e. The van der Waals surface area contributed by atoms with Gasteiger partial charge in [-0.2, -0.15) is 10.4 Å². The fourth-order valence-corrected chi connectivity index (χ4v) is 4.15. The highest BCUT2D eigenvalue weighted by Gasteiger charge is 2.17. The lowest BCUT2D eigenvalue weighted by molar-refractivity contribution is 0.104. The van der Waals surface area contributed by atoms with Crippen LogP contribution < -0.4 is 4.74 Å². The number of aromatic nitrogens is 3. The summed E-state index contributed by atoms with van der Waals surface area (Å²) in [5.74, 6) is 0.787. The number of nitriles is 1. The normalized spacial score (nSPS) is 11.2. The predicted octanol–water partition coefficient (Wildman–Crippen LogP) is 5.61. The standard InChI is InChI=1S/C24H22F2N4O2S/c1-4-30-13-18(12-28-30)21(31)7-5-16-6-8-22(32-3)17(10-16)14-33-24-19(11-27)15(2)9-20(29-24)23(25)26/h5-10,12-13,23H,4,14H2,1-3H3/b7-5+. The molecule has 0 fully saturated rings. The van der Waals surface area contributed by atoms with Crippen LogP contribution in [0.3, 0.4) is 0 Å². The first kappa shape index (κ1) is 24.1. The van der Waals surface area contributed by atoms with Crippen molar-refractivity contribution in [1.29, 1.82) is 5.26 Å². The Hall–Kier alpha value is -3.51. The maximum Gasteiger partial charge on any atom is 0.280 e. The van der Waals surface area contributed by atoms with E-state index in [1.54, 1.807) is 29.9 Å². The minimum absolute atomic E-state index is 0.163. The first-order chi connectivity index (χ1) is 15.9. The average molecular weight is 469 g/mol. The number of carbonyl (C=O) groups excluding carboxylic acids is 1. The topological polar surface area (TPSA) is 80.8 Å². The number of nitrogens with zero attached hydrogens (tertiary/aromatic N) is 4. The maximum atomic E-state index is 13.2. The van der Waals surface area contributed by atoms with Crippen molar-refractivity contribution in [3.63, 3.8) is 0 Å². The fraction of sp³-hybridized carbons (Fsp3) is 0.250. The number of pyridine rings is 1. The summed E-state index contributed by atoms with van der Waals surface area (Å²) < 4.78 is 33.5. The van der Waals surface area contributed by atoms with Gasteiger partial charge in [0.2, 0.25) is 0 Å². The smallest absolute Gasteiger partial charge is 0.280 e. The molecule has 0 saturated carbocycles. The van der Waals surface area contributed by atoms with Crippen molar-refractivity contribution in [2.45, 2.75) is 37.6 Å². The fourth-order valence-electron chi connectivity index (χ4n) is 3.11. The van der Waals surface area contributed by atoms with E-state index >= 15 is 0 Å². The molecule has 170 valence electrons. The zero-order chi connectivity index (χ0) is 24.0. The summed E-state index contributed by atoms with van der Waals surface area (Å²) in [5.41, 5.74) is 2.43. The molecule has 6 nitrogen and oxygen atoms in total. The Labute approximate surface area is 194 Å². The number of carbonyl (C=O) groups is 1. The molecule has 3 rings (SSSR count). The van der Waals surface area contributed by atoms with E-state index in [0.717, 1.165) is 11.1 Å². The van der Waals surface area contributed by atoms with Gasteiger partial charge in [-0.05, 0) is 49.2 Å². The van der Waals surface area contributed by atoms with Crippen molar-refractivity contribution in [3.05, 3.63) is 76.2 Å². The predicted molar refractivity (Wildman–Crippen MR) is 122 cm³/mol. The van der Waals surface area contributed by atoms with Crippen LogP contribution in [-0.2, 0) is 12.3 Å². The van der Waals surface area contributed by atoms with Crippen molar-refractivity contribution < 1.29 is 18.3 Å². The van der Waals surface area contributed by atoms with Crippen molar-refractivity contribution in [1.82, 2.24) is 14.8 Å². The van der Waals surface area contributed by atoms with Crippen molar-refractivity contribution in [3.8, 4) is 11.8 Å². The number of aryl methyl sites for hydroxylation is 2. The van der Waals surface area contributed by atoms with Gasteiger partial charge in [0.25, 0.3) is 6.43 Å². The SMILES string of the molecule is CCn1cc(C(=O)/C=C/c2ccc(OC)c(CSc3nc(C(F)F)cc(C)c3C#N)c2)cn1. The van der Waals surface area contributed by atoms with Crippen molar-refractivity contribution >= 4 is 23.6 Å². The summed E-state index contributed by atoms with van der Waals surface area (Å²) in [4.78, 5) is 16.4. The molecular formula is C24H22F2N4O2S. The van der Waals surface area contributed by atoms with Gasteiger partial charge in [0.05, 0.1) is 24.4 Å². The van der Waals surface area contributed by atoms with Crippen molar-refractivity contribution in [2.24, 2.45) is 0 Å². The van der Waals surface area contributed by atoms with Gasteiger partial charge in [-0.3, -0.25) is 9.48 Å². The number of thioether (sulfide) groups is 1. The van der Waals surface area contributed by atoms with E-state index in [4.69, 9.17) is 4.74 Å². The van der Waals surface area contributed by atoms with Crippen LogP contribution in [-0.4, -0.2) is 27.7 Å². The third-order valence-electron chi connectivity index (χ3n) is 4.88. The zero-order valence-corrected chi connectivity index (χ0v) is 19.2. The third kappa shape index (κ3) is 5.84. The quantitative estimate of drug-likeness (QED) is 0.231. The van der Waals surface area contributed by atoms with Crippen LogP contribution in [0.4, 0.5) is 8.78 Å². The van der Waals surface area contributed by atoms with Crippen LogP contribution in [0.15, 0.2) is 47.8 Å². The first-order valence-corrected chi connectivity index (χ1v) is 11.1. The Balaban J connectivity index is 1.82. The molecule has 0 saturated heterocycles. The van der Waals surface area contributed by atoms with E-state index in [2.05, 4.69) is 10.1 Å². The molecule has 0 amide bonds. The Morgan fingerprint density at radius 3 is 2.79 bits per heavy atom. The summed E-state index contributed by atoms with van der Waals surface area (Å²) in [6.45, 7) is 4.23. The van der Waals surface area contributed by atoms with Gasteiger partial charge in [-0.1, -0.05) is 12.1 Å². The van der Waals surface area contributed by atoms with E-state index in [-0.39, 0.29) is 22.1 Å². The second-order valence-electron chi connectivity index (χ2n) is 7.10. The van der Waals surface area contributed by atoms with Gasteiger partial charge in [-0.25, -0.2) is 13.8 Å². The van der Waals surface area contributed by atoms with Gasteiger partial charge in [-0.15, -0.1) is 11.8 Å². The Morgan fingerprint density at radius 1 is 1.36 bits per heavy atom. The molecule has 3 aromatic rings. The number of alkyl halides is 2. The molecule has 0 spiro atoms.